The standard InChI is InChI=1S/C27H21F3N2O2/c1-34-20-10-11-23-21(15-20)22(25(33)32-26(12-13-26)18-7-3-2-4-8-18)16-24(31-23)17-6-5-9-19(14-17)27(28,29)30/h2-11,14-16H,12-13H2,1H3,(H,32,33). The van der Waals surface area contributed by atoms with Gasteiger partial charge in [0, 0.05) is 10.9 Å². The van der Waals surface area contributed by atoms with E-state index in [9.17, 15) is 18.0 Å². The molecule has 0 atom stereocenters. The van der Waals surface area contributed by atoms with Crippen LogP contribution < -0.4 is 10.1 Å². The molecule has 1 aromatic heterocycles. The molecule has 1 N–H and O–H groups in total. The van der Waals surface area contributed by atoms with Gasteiger partial charge in [0.15, 0.2) is 0 Å². The number of rotatable bonds is 5. The van der Waals surface area contributed by atoms with Crippen molar-refractivity contribution in [2.45, 2.75) is 24.6 Å². The molecule has 1 saturated carbocycles. The zero-order valence-corrected chi connectivity index (χ0v) is 18.3. The van der Waals surface area contributed by atoms with Gasteiger partial charge in [-0.05, 0) is 54.8 Å². The molecule has 0 saturated heterocycles. The topological polar surface area (TPSA) is 51.2 Å². The molecule has 0 spiro atoms. The van der Waals surface area contributed by atoms with Crippen LogP contribution in [0.5, 0.6) is 5.75 Å². The number of fused-ring (bicyclic) bond motifs is 1. The molecule has 1 heterocycles. The second-order valence-corrected chi connectivity index (χ2v) is 8.42. The number of hydrogen-bond acceptors (Lipinski definition) is 3. The van der Waals surface area contributed by atoms with Crippen molar-refractivity contribution in [3.8, 4) is 17.0 Å². The van der Waals surface area contributed by atoms with Gasteiger partial charge in [-0.15, -0.1) is 0 Å². The highest BCUT2D eigenvalue weighted by Gasteiger charge is 2.45. The van der Waals surface area contributed by atoms with Crippen molar-refractivity contribution in [2.24, 2.45) is 0 Å². The van der Waals surface area contributed by atoms with Crippen LogP contribution >= 0.6 is 0 Å². The monoisotopic (exact) mass is 462 g/mol. The van der Waals surface area contributed by atoms with Crippen LogP contribution in [0.25, 0.3) is 22.2 Å². The lowest BCUT2D eigenvalue weighted by atomic mass is 10.00. The highest BCUT2D eigenvalue weighted by atomic mass is 19.4. The number of carbonyl (C=O) groups is 1. The summed E-state index contributed by atoms with van der Waals surface area (Å²) in [5.74, 6) is 0.245. The Morgan fingerprint density at radius 1 is 0.971 bits per heavy atom. The van der Waals surface area contributed by atoms with Gasteiger partial charge in [0.25, 0.3) is 5.91 Å². The number of halogens is 3. The summed E-state index contributed by atoms with van der Waals surface area (Å²) in [6.45, 7) is 0. The molecule has 172 valence electrons. The maximum atomic E-state index is 13.5. The van der Waals surface area contributed by atoms with Crippen LogP contribution in [0.3, 0.4) is 0 Å². The average Bonchev–Trinajstić information content (AvgIpc) is 3.63. The fourth-order valence-electron chi connectivity index (χ4n) is 4.18. The first-order valence-corrected chi connectivity index (χ1v) is 10.8. The molecule has 4 aromatic rings. The molecule has 3 aromatic carbocycles. The average molecular weight is 462 g/mol. The normalized spacial score (nSPS) is 14.6. The zero-order valence-electron chi connectivity index (χ0n) is 18.3. The summed E-state index contributed by atoms with van der Waals surface area (Å²) >= 11 is 0. The summed E-state index contributed by atoms with van der Waals surface area (Å²) in [6, 6.07) is 21.4. The fourth-order valence-corrected chi connectivity index (χ4v) is 4.18. The summed E-state index contributed by atoms with van der Waals surface area (Å²) in [5.41, 5.74) is 1.21. The van der Waals surface area contributed by atoms with E-state index in [1.807, 2.05) is 30.3 Å². The van der Waals surface area contributed by atoms with E-state index in [1.165, 1.54) is 13.2 Å². The van der Waals surface area contributed by atoms with Crippen molar-refractivity contribution >= 4 is 16.8 Å². The number of hydrogen-bond donors (Lipinski definition) is 1. The first-order valence-electron chi connectivity index (χ1n) is 10.8. The molecule has 1 aliphatic carbocycles. The van der Waals surface area contributed by atoms with Crippen molar-refractivity contribution in [3.05, 3.63) is 95.6 Å². The minimum atomic E-state index is -4.48. The highest BCUT2D eigenvalue weighted by Crippen LogP contribution is 2.46. The van der Waals surface area contributed by atoms with E-state index < -0.39 is 17.3 Å². The lowest BCUT2D eigenvalue weighted by Gasteiger charge is -2.19. The molecular formula is C27H21F3N2O2. The van der Waals surface area contributed by atoms with E-state index in [0.29, 0.717) is 27.9 Å². The molecule has 7 heteroatoms. The smallest absolute Gasteiger partial charge is 0.416 e. The van der Waals surface area contributed by atoms with Crippen molar-refractivity contribution in [1.82, 2.24) is 10.3 Å². The summed E-state index contributed by atoms with van der Waals surface area (Å²) in [4.78, 5) is 18.1. The molecule has 4 nitrogen and oxygen atoms in total. The largest absolute Gasteiger partial charge is 0.497 e. The van der Waals surface area contributed by atoms with E-state index in [1.54, 1.807) is 30.3 Å². The van der Waals surface area contributed by atoms with Crippen LogP contribution in [0, 0.1) is 0 Å². The van der Waals surface area contributed by atoms with Gasteiger partial charge in [0.05, 0.1) is 35.0 Å². The summed E-state index contributed by atoms with van der Waals surface area (Å²) in [6.07, 6.45) is -2.85. The van der Waals surface area contributed by atoms with Gasteiger partial charge in [-0.25, -0.2) is 4.98 Å². The van der Waals surface area contributed by atoms with Crippen molar-refractivity contribution < 1.29 is 22.7 Å². The number of benzene rings is 3. The predicted octanol–water partition coefficient (Wildman–Crippen LogP) is 6.35. The number of ether oxygens (including phenoxy) is 1. The Labute approximate surface area is 194 Å². The minimum absolute atomic E-state index is 0.283. The number of carbonyl (C=O) groups excluding carboxylic acids is 1. The molecule has 0 aliphatic heterocycles. The Balaban J connectivity index is 1.61. The minimum Gasteiger partial charge on any atom is -0.497 e. The van der Waals surface area contributed by atoms with Crippen molar-refractivity contribution in [2.75, 3.05) is 7.11 Å². The van der Waals surface area contributed by atoms with E-state index in [4.69, 9.17) is 4.74 Å². The van der Waals surface area contributed by atoms with Crippen LogP contribution in [0.1, 0.15) is 34.3 Å². The third-order valence-electron chi connectivity index (χ3n) is 6.18. The molecule has 1 amide bonds. The van der Waals surface area contributed by atoms with Crippen LogP contribution in [0.2, 0.25) is 0 Å². The summed E-state index contributed by atoms with van der Waals surface area (Å²) in [7, 11) is 1.53. The Morgan fingerprint density at radius 2 is 1.74 bits per heavy atom. The number of methoxy groups -OCH3 is 1. The lowest BCUT2D eigenvalue weighted by Crippen LogP contribution is -2.35. The number of nitrogens with one attached hydrogen (secondary N) is 1. The molecule has 34 heavy (non-hydrogen) atoms. The number of amides is 1. The van der Waals surface area contributed by atoms with Crippen molar-refractivity contribution in [3.63, 3.8) is 0 Å². The van der Waals surface area contributed by atoms with Gasteiger partial charge >= 0.3 is 6.18 Å². The van der Waals surface area contributed by atoms with Gasteiger partial charge < -0.3 is 10.1 Å². The molecular weight excluding hydrogens is 441 g/mol. The third kappa shape index (κ3) is 4.09. The van der Waals surface area contributed by atoms with Gasteiger partial charge in [-0.2, -0.15) is 13.2 Å². The Bertz CT molecular complexity index is 1380. The van der Waals surface area contributed by atoms with Gasteiger partial charge in [-0.1, -0.05) is 42.5 Å². The second kappa shape index (κ2) is 8.17. The maximum absolute atomic E-state index is 13.5. The number of alkyl halides is 3. The van der Waals surface area contributed by atoms with Gasteiger partial charge in [0.1, 0.15) is 5.75 Å². The number of pyridine rings is 1. The van der Waals surface area contributed by atoms with Gasteiger partial charge in [0.2, 0.25) is 0 Å². The van der Waals surface area contributed by atoms with Gasteiger partial charge in [-0.3, -0.25) is 4.79 Å². The van der Waals surface area contributed by atoms with Crippen molar-refractivity contribution in [1.29, 1.82) is 0 Å². The Kier molecular flexibility index (Phi) is 5.27. The number of aromatic nitrogens is 1. The van der Waals surface area contributed by atoms with Crippen LogP contribution in [0.4, 0.5) is 13.2 Å². The quantitative estimate of drug-likeness (QED) is 0.376. The predicted molar refractivity (Wildman–Crippen MR) is 124 cm³/mol. The van der Waals surface area contributed by atoms with E-state index in [2.05, 4.69) is 10.3 Å². The Hall–Kier alpha value is -3.87. The van der Waals surface area contributed by atoms with E-state index in [-0.39, 0.29) is 11.5 Å². The molecule has 1 aliphatic rings. The van der Waals surface area contributed by atoms with Crippen LogP contribution in [-0.2, 0) is 11.7 Å². The summed E-state index contributed by atoms with van der Waals surface area (Å²) in [5, 5.41) is 3.72. The lowest BCUT2D eigenvalue weighted by molar-refractivity contribution is -0.137. The first kappa shape index (κ1) is 21.9. The molecule has 1 fully saturated rings. The third-order valence-corrected chi connectivity index (χ3v) is 6.18. The highest BCUT2D eigenvalue weighted by molar-refractivity contribution is 6.08. The second-order valence-electron chi connectivity index (χ2n) is 8.42. The SMILES string of the molecule is COc1ccc2nc(-c3cccc(C(F)(F)F)c3)cc(C(=O)NC3(c4ccccc4)CC3)c2c1. The molecule has 0 unspecified atom stereocenters. The van der Waals surface area contributed by atoms with Crippen LogP contribution in [-0.4, -0.2) is 18.0 Å². The molecule has 5 rings (SSSR count). The Morgan fingerprint density at radius 3 is 2.41 bits per heavy atom. The zero-order chi connectivity index (χ0) is 23.9. The van der Waals surface area contributed by atoms with E-state index in [0.717, 1.165) is 30.5 Å². The number of nitrogens with zero attached hydrogens (tertiary/aromatic N) is 1. The van der Waals surface area contributed by atoms with Crippen LogP contribution in [0.15, 0.2) is 78.9 Å². The first-order chi connectivity index (χ1) is 16.3. The van der Waals surface area contributed by atoms with E-state index >= 15 is 0 Å². The fraction of sp³-hybridized carbons (Fsp3) is 0.185. The molecule has 0 bridgehead atoms. The molecule has 0 radical (unpaired) electrons. The summed E-state index contributed by atoms with van der Waals surface area (Å²) < 4.78 is 45.2. The maximum Gasteiger partial charge on any atom is 0.416 e.